The molecule has 0 atom stereocenters. The molecule has 10 heteroatoms. The predicted molar refractivity (Wildman–Crippen MR) is 115 cm³/mol. The van der Waals surface area contributed by atoms with Gasteiger partial charge in [0.05, 0.1) is 24.1 Å². The van der Waals surface area contributed by atoms with Crippen LogP contribution in [0.2, 0.25) is 0 Å². The number of fused-ring (bicyclic) bond motifs is 2. The summed E-state index contributed by atoms with van der Waals surface area (Å²) >= 11 is 0. The van der Waals surface area contributed by atoms with Gasteiger partial charge in [0, 0.05) is 18.8 Å². The van der Waals surface area contributed by atoms with Gasteiger partial charge in [0.15, 0.2) is 11.3 Å². The lowest BCUT2D eigenvalue weighted by atomic mass is 10.0. The summed E-state index contributed by atoms with van der Waals surface area (Å²) in [6.07, 6.45) is -2.01. The van der Waals surface area contributed by atoms with E-state index in [9.17, 15) is 18.0 Å². The number of halogens is 3. The molecule has 0 fully saturated rings. The molecule has 0 saturated carbocycles. The fourth-order valence-electron chi connectivity index (χ4n) is 3.75. The zero-order chi connectivity index (χ0) is 23.2. The van der Waals surface area contributed by atoms with Crippen LogP contribution in [0.1, 0.15) is 21.7 Å². The number of hydrogen-bond donors (Lipinski definition) is 1. The molecule has 2 aromatic carbocycles. The lowest BCUT2D eigenvalue weighted by Gasteiger charge is -2.13. The highest BCUT2D eigenvalue weighted by Crippen LogP contribution is 2.34. The standard InChI is InChI=1S/C23H17F3N6O/c1-31-15(9-10-28-31)12-27-22(33)18-13-29-32-20(23(24,25)26)11-19(30-21(18)32)17-8-4-6-14-5-2-3-7-16(14)17/h2-11,13H,12H2,1H3,(H,27,33). The number of carbonyl (C=O) groups is 1. The highest BCUT2D eigenvalue weighted by Gasteiger charge is 2.36. The third-order valence-electron chi connectivity index (χ3n) is 5.42. The van der Waals surface area contributed by atoms with Crippen molar-refractivity contribution in [3.8, 4) is 11.3 Å². The minimum atomic E-state index is -4.70. The van der Waals surface area contributed by atoms with Gasteiger partial charge in [0.25, 0.3) is 5.91 Å². The van der Waals surface area contributed by atoms with E-state index in [1.807, 2.05) is 30.3 Å². The van der Waals surface area contributed by atoms with Gasteiger partial charge in [-0.2, -0.15) is 23.4 Å². The summed E-state index contributed by atoms with van der Waals surface area (Å²) in [6, 6.07) is 15.4. The molecule has 5 aromatic rings. The Morgan fingerprint density at radius 3 is 2.61 bits per heavy atom. The predicted octanol–water partition coefficient (Wildman–Crippen LogP) is 4.23. The van der Waals surface area contributed by atoms with Crippen molar-refractivity contribution >= 4 is 22.3 Å². The maximum atomic E-state index is 13.9. The third kappa shape index (κ3) is 3.69. The molecule has 0 saturated heterocycles. The highest BCUT2D eigenvalue weighted by molar-refractivity contribution is 6.00. The van der Waals surface area contributed by atoms with Crippen LogP contribution in [0.3, 0.4) is 0 Å². The quantitative estimate of drug-likeness (QED) is 0.445. The van der Waals surface area contributed by atoms with E-state index in [0.29, 0.717) is 10.1 Å². The van der Waals surface area contributed by atoms with Gasteiger partial charge in [-0.25, -0.2) is 9.50 Å². The molecule has 7 nitrogen and oxygen atoms in total. The number of nitrogens with one attached hydrogen (secondary N) is 1. The minimum Gasteiger partial charge on any atom is -0.346 e. The smallest absolute Gasteiger partial charge is 0.346 e. The Labute approximate surface area is 185 Å². The van der Waals surface area contributed by atoms with Crippen LogP contribution in [0.15, 0.2) is 67.0 Å². The van der Waals surface area contributed by atoms with Crippen molar-refractivity contribution in [2.45, 2.75) is 12.7 Å². The molecule has 0 spiro atoms. The van der Waals surface area contributed by atoms with Crippen molar-refractivity contribution in [2.24, 2.45) is 7.05 Å². The number of nitrogens with zero attached hydrogens (tertiary/aromatic N) is 5. The second kappa shape index (κ2) is 7.73. The average molecular weight is 450 g/mol. The van der Waals surface area contributed by atoms with Crippen LogP contribution < -0.4 is 5.32 Å². The molecule has 0 bridgehead atoms. The van der Waals surface area contributed by atoms with E-state index < -0.39 is 17.8 Å². The van der Waals surface area contributed by atoms with Crippen molar-refractivity contribution in [3.63, 3.8) is 0 Å². The molecule has 0 aliphatic carbocycles. The van der Waals surface area contributed by atoms with Crippen molar-refractivity contribution in [1.82, 2.24) is 29.7 Å². The number of aromatic nitrogens is 5. The summed E-state index contributed by atoms with van der Waals surface area (Å²) in [7, 11) is 1.73. The SMILES string of the molecule is Cn1nccc1CNC(=O)c1cnn2c(C(F)(F)F)cc(-c3cccc4ccccc34)nc12. The van der Waals surface area contributed by atoms with Crippen molar-refractivity contribution in [3.05, 3.63) is 83.9 Å². The summed E-state index contributed by atoms with van der Waals surface area (Å²) in [6.45, 7) is 0.155. The Hall–Kier alpha value is -4.21. The molecule has 166 valence electrons. The van der Waals surface area contributed by atoms with Gasteiger partial charge in [-0.05, 0) is 22.9 Å². The number of carbonyl (C=O) groups excluding carboxylic acids is 1. The summed E-state index contributed by atoms with van der Waals surface area (Å²) in [5.74, 6) is -0.582. The topological polar surface area (TPSA) is 77.1 Å². The Morgan fingerprint density at radius 1 is 1.06 bits per heavy atom. The third-order valence-corrected chi connectivity index (χ3v) is 5.42. The number of alkyl halides is 3. The van der Waals surface area contributed by atoms with Gasteiger partial charge in [-0.15, -0.1) is 0 Å². The lowest BCUT2D eigenvalue weighted by molar-refractivity contribution is -0.142. The zero-order valence-corrected chi connectivity index (χ0v) is 17.3. The molecule has 0 unspecified atom stereocenters. The number of hydrogen-bond acceptors (Lipinski definition) is 4. The van der Waals surface area contributed by atoms with Crippen LogP contribution in [-0.2, 0) is 19.8 Å². The number of rotatable bonds is 4. The number of aryl methyl sites for hydroxylation is 1. The van der Waals surface area contributed by atoms with Crippen molar-refractivity contribution in [2.75, 3.05) is 0 Å². The van der Waals surface area contributed by atoms with Crippen LogP contribution in [0.25, 0.3) is 27.7 Å². The monoisotopic (exact) mass is 450 g/mol. The molecule has 0 radical (unpaired) electrons. The van der Waals surface area contributed by atoms with Gasteiger partial charge in [0.1, 0.15) is 5.56 Å². The van der Waals surface area contributed by atoms with E-state index in [-0.39, 0.29) is 23.4 Å². The first-order valence-electron chi connectivity index (χ1n) is 10.0. The van der Waals surface area contributed by atoms with Gasteiger partial charge < -0.3 is 5.32 Å². The van der Waals surface area contributed by atoms with Crippen LogP contribution in [-0.4, -0.2) is 30.3 Å². The van der Waals surface area contributed by atoms with E-state index >= 15 is 0 Å². The lowest BCUT2D eigenvalue weighted by Crippen LogP contribution is -2.24. The van der Waals surface area contributed by atoms with Crippen LogP contribution in [0.4, 0.5) is 13.2 Å². The van der Waals surface area contributed by atoms with E-state index in [1.54, 1.807) is 36.1 Å². The Morgan fingerprint density at radius 2 is 1.85 bits per heavy atom. The normalized spacial score (nSPS) is 11.9. The Balaban J connectivity index is 1.64. The molecule has 1 amide bonds. The van der Waals surface area contributed by atoms with Crippen LogP contribution >= 0.6 is 0 Å². The molecular formula is C23H17F3N6O. The summed E-state index contributed by atoms with van der Waals surface area (Å²) in [5, 5.41) is 12.2. The summed E-state index contributed by atoms with van der Waals surface area (Å²) in [4.78, 5) is 17.3. The van der Waals surface area contributed by atoms with E-state index in [0.717, 1.165) is 28.7 Å². The Bertz CT molecular complexity index is 1500. The molecule has 5 rings (SSSR count). The molecule has 33 heavy (non-hydrogen) atoms. The minimum absolute atomic E-state index is 0.0512. The van der Waals surface area contributed by atoms with E-state index in [1.165, 1.54) is 0 Å². The van der Waals surface area contributed by atoms with Crippen molar-refractivity contribution < 1.29 is 18.0 Å². The fraction of sp³-hybridized carbons (Fsp3) is 0.130. The molecule has 3 heterocycles. The first-order valence-corrected chi connectivity index (χ1v) is 10.0. The van der Waals surface area contributed by atoms with E-state index in [4.69, 9.17) is 0 Å². The van der Waals surface area contributed by atoms with Crippen molar-refractivity contribution in [1.29, 1.82) is 0 Å². The second-order valence-electron chi connectivity index (χ2n) is 7.47. The van der Waals surface area contributed by atoms with E-state index in [2.05, 4.69) is 20.5 Å². The van der Waals surface area contributed by atoms with Crippen LogP contribution in [0.5, 0.6) is 0 Å². The van der Waals surface area contributed by atoms with Gasteiger partial charge >= 0.3 is 6.18 Å². The zero-order valence-electron chi connectivity index (χ0n) is 17.3. The van der Waals surface area contributed by atoms with Gasteiger partial charge in [-0.3, -0.25) is 9.48 Å². The molecule has 1 N–H and O–H groups in total. The largest absolute Gasteiger partial charge is 0.433 e. The fourth-order valence-corrected chi connectivity index (χ4v) is 3.75. The molecular weight excluding hydrogens is 433 g/mol. The first kappa shape index (κ1) is 20.7. The number of benzene rings is 2. The summed E-state index contributed by atoms with van der Waals surface area (Å²) < 4.78 is 44.0. The Kier molecular flexibility index (Phi) is 4.85. The maximum Gasteiger partial charge on any atom is 0.433 e. The molecule has 0 aliphatic heterocycles. The average Bonchev–Trinajstić information content (AvgIpc) is 3.41. The summed E-state index contributed by atoms with van der Waals surface area (Å²) in [5.41, 5.74) is 0.137. The van der Waals surface area contributed by atoms with Gasteiger partial charge in [-0.1, -0.05) is 42.5 Å². The number of amides is 1. The molecule has 0 aliphatic rings. The first-order chi connectivity index (χ1) is 15.8. The van der Waals surface area contributed by atoms with Crippen LogP contribution in [0, 0.1) is 0 Å². The molecule has 3 aromatic heterocycles. The highest BCUT2D eigenvalue weighted by atomic mass is 19.4. The second-order valence-corrected chi connectivity index (χ2v) is 7.47. The van der Waals surface area contributed by atoms with Gasteiger partial charge in [0.2, 0.25) is 0 Å². The maximum absolute atomic E-state index is 13.9.